The highest BCUT2D eigenvalue weighted by molar-refractivity contribution is 7.47. The molecule has 2 unspecified atom stereocenters. The Hall–Kier alpha value is -2.03. The third-order valence-corrected chi connectivity index (χ3v) is 20.3. The quantitative estimate of drug-likeness (QED) is 0.0211. The van der Waals surface area contributed by atoms with E-state index in [1.165, 1.54) is 360 Å². The van der Waals surface area contributed by atoms with E-state index in [9.17, 15) is 19.0 Å². The van der Waals surface area contributed by atoms with Crippen molar-refractivity contribution in [2.24, 2.45) is 0 Å². The summed E-state index contributed by atoms with van der Waals surface area (Å²) in [6, 6.07) is 0. The molecule has 0 aromatic carbocycles. The molecule has 0 heterocycles. The monoisotopic (exact) mass is 1370 g/mol. The van der Waals surface area contributed by atoms with E-state index in [1.807, 2.05) is 21.1 Å². The van der Waals surface area contributed by atoms with Gasteiger partial charge in [0.05, 0.1) is 27.7 Å². The summed E-state index contributed by atoms with van der Waals surface area (Å²) in [6.45, 7) is 4.50. The Kier molecular flexibility index (Phi) is 75.5. The van der Waals surface area contributed by atoms with Crippen LogP contribution in [0.1, 0.15) is 438 Å². The number of phosphoric acid groups is 1. The Morgan fingerprint density at radius 3 is 0.844 bits per heavy atom. The topological polar surface area (TPSA) is 108 Å². The van der Waals surface area contributed by atoms with Crippen molar-refractivity contribution in [3.63, 3.8) is 0 Å². The number of ether oxygens (including phenoxy) is 2. The second-order valence-electron chi connectivity index (χ2n) is 30.2. The van der Waals surface area contributed by atoms with E-state index in [-0.39, 0.29) is 25.6 Å². The van der Waals surface area contributed by atoms with Gasteiger partial charge in [-0.3, -0.25) is 18.6 Å². The summed E-state index contributed by atoms with van der Waals surface area (Å²) in [5, 5.41) is 0. The largest absolute Gasteiger partial charge is 0.472 e. The molecule has 0 spiro atoms. The highest BCUT2D eigenvalue weighted by atomic mass is 31.2. The minimum Gasteiger partial charge on any atom is -0.462 e. The third kappa shape index (κ3) is 80.9. The molecule has 2 atom stereocenters. The van der Waals surface area contributed by atoms with Crippen LogP contribution in [-0.4, -0.2) is 74.9 Å². The number of carbonyl (C=O) groups excluding carboxylic acids is 2. The van der Waals surface area contributed by atoms with Crippen molar-refractivity contribution in [2.45, 2.75) is 444 Å². The zero-order chi connectivity index (χ0) is 69.7. The van der Waals surface area contributed by atoms with E-state index < -0.39 is 26.5 Å². The number of likely N-dealkylation sites (N-methyl/N-ethyl adjacent to an activating group) is 1. The number of hydrogen-bond donors (Lipinski definition) is 1. The van der Waals surface area contributed by atoms with E-state index in [2.05, 4.69) is 62.5 Å². The predicted octanol–water partition coefficient (Wildman–Crippen LogP) is 28.3. The van der Waals surface area contributed by atoms with Crippen LogP contribution in [0.3, 0.4) is 0 Å². The molecule has 0 aliphatic rings. The molecule has 0 fully saturated rings. The maximum absolute atomic E-state index is 12.9. The lowest BCUT2D eigenvalue weighted by Crippen LogP contribution is -2.37. The van der Waals surface area contributed by atoms with Gasteiger partial charge in [0, 0.05) is 12.8 Å². The van der Waals surface area contributed by atoms with Crippen molar-refractivity contribution in [3.05, 3.63) is 48.6 Å². The van der Waals surface area contributed by atoms with Crippen LogP contribution in [0.2, 0.25) is 0 Å². The molecule has 0 rings (SSSR count). The van der Waals surface area contributed by atoms with Gasteiger partial charge in [-0.25, -0.2) is 4.57 Å². The Bertz CT molecular complexity index is 1760. The summed E-state index contributed by atoms with van der Waals surface area (Å²) in [4.78, 5) is 36.0. The summed E-state index contributed by atoms with van der Waals surface area (Å²) >= 11 is 0. The lowest BCUT2D eigenvalue weighted by atomic mass is 10.0. The molecule has 1 N–H and O–H groups in total. The van der Waals surface area contributed by atoms with Crippen LogP contribution in [0.15, 0.2) is 48.6 Å². The number of quaternary nitrogens is 1. The van der Waals surface area contributed by atoms with Crippen LogP contribution in [0.25, 0.3) is 0 Å². The Morgan fingerprint density at radius 1 is 0.323 bits per heavy atom. The summed E-state index contributed by atoms with van der Waals surface area (Å²) < 4.78 is 34.9. The molecule has 0 radical (unpaired) electrons. The number of rotatable bonds is 80. The second kappa shape index (κ2) is 77.1. The van der Waals surface area contributed by atoms with Gasteiger partial charge in [-0.15, -0.1) is 0 Å². The first kappa shape index (κ1) is 94.0. The summed E-state index contributed by atoms with van der Waals surface area (Å²) in [5.41, 5.74) is 0. The molecule has 0 bridgehead atoms. The summed E-state index contributed by atoms with van der Waals surface area (Å²) in [6.07, 6.45) is 103. The highest BCUT2D eigenvalue weighted by Crippen LogP contribution is 2.43. The first-order valence-electron chi connectivity index (χ1n) is 42.4. The molecular formula is C86H165NO8P+. The molecule has 0 saturated heterocycles. The fourth-order valence-electron chi connectivity index (χ4n) is 12.8. The first-order valence-corrected chi connectivity index (χ1v) is 43.9. The van der Waals surface area contributed by atoms with Gasteiger partial charge in [-0.05, 0) is 77.0 Å². The van der Waals surface area contributed by atoms with Gasteiger partial charge in [0.25, 0.3) is 0 Å². The fourth-order valence-corrected chi connectivity index (χ4v) is 13.6. The molecule has 9 nitrogen and oxygen atoms in total. The van der Waals surface area contributed by atoms with Gasteiger partial charge in [0.1, 0.15) is 19.8 Å². The first-order chi connectivity index (χ1) is 47.0. The minimum atomic E-state index is -4.39. The molecule has 0 aliphatic carbocycles. The average Bonchev–Trinajstić information content (AvgIpc) is 1.97. The Balaban J connectivity index is 3.86. The third-order valence-electron chi connectivity index (χ3n) is 19.3. The van der Waals surface area contributed by atoms with E-state index >= 15 is 0 Å². The van der Waals surface area contributed by atoms with E-state index in [0.29, 0.717) is 23.9 Å². The zero-order valence-electron chi connectivity index (χ0n) is 64.9. The van der Waals surface area contributed by atoms with E-state index in [1.54, 1.807) is 0 Å². The van der Waals surface area contributed by atoms with Crippen molar-refractivity contribution in [3.8, 4) is 0 Å². The van der Waals surface area contributed by atoms with Crippen molar-refractivity contribution in [2.75, 3.05) is 47.5 Å². The average molecular weight is 1370 g/mol. The molecule has 0 aliphatic heterocycles. The van der Waals surface area contributed by atoms with Gasteiger partial charge in [-0.2, -0.15) is 0 Å². The Labute approximate surface area is 598 Å². The fraction of sp³-hybridized carbons (Fsp3) is 0.884. The number of carbonyl (C=O) groups is 2. The van der Waals surface area contributed by atoms with Crippen LogP contribution in [0.5, 0.6) is 0 Å². The van der Waals surface area contributed by atoms with Crippen LogP contribution in [0, 0.1) is 0 Å². The maximum Gasteiger partial charge on any atom is 0.472 e. The Morgan fingerprint density at radius 2 is 0.562 bits per heavy atom. The summed E-state index contributed by atoms with van der Waals surface area (Å²) in [7, 11) is 1.50. The molecule has 0 saturated carbocycles. The van der Waals surface area contributed by atoms with Crippen molar-refractivity contribution in [1.29, 1.82) is 0 Å². The lowest BCUT2D eigenvalue weighted by molar-refractivity contribution is -0.870. The van der Waals surface area contributed by atoms with Crippen molar-refractivity contribution >= 4 is 19.8 Å². The SMILES string of the molecule is CCCCCCC/C=C\C/C=C\C/C=C\CCCCCCCCCCCCCCCCCCC(=O)OC(COC(=O)CCCCCCCCCCCCCCCCCCCCCCCCCCCCCCC/C=C\CCCCCCCCCC)COP(=O)(O)OCC[N+](C)(C)C. The van der Waals surface area contributed by atoms with Crippen LogP contribution < -0.4 is 0 Å². The van der Waals surface area contributed by atoms with Gasteiger partial charge in [0.2, 0.25) is 0 Å². The number of unbranched alkanes of at least 4 members (excludes halogenated alkanes) is 58. The number of allylic oxidation sites excluding steroid dienone is 8. The van der Waals surface area contributed by atoms with E-state index in [0.717, 1.165) is 44.9 Å². The number of esters is 2. The predicted molar refractivity (Wildman–Crippen MR) is 418 cm³/mol. The van der Waals surface area contributed by atoms with Gasteiger partial charge in [-0.1, -0.05) is 396 Å². The number of nitrogens with zero attached hydrogens (tertiary/aromatic N) is 1. The molecule has 0 aromatic rings. The van der Waals surface area contributed by atoms with Crippen molar-refractivity contribution < 1.29 is 42.1 Å². The van der Waals surface area contributed by atoms with Crippen LogP contribution in [-0.2, 0) is 32.7 Å². The smallest absolute Gasteiger partial charge is 0.462 e. The van der Waals surface area contributed by atoms with Gasteiger partial charge >= 0.3 is 19.8 Å². The molecule has 0 aromatic heterocycles. The normalized spacial score (nSPS) is 13.2. The number of hydrogen-bond acceptors (Lipinski definition) is 7. The zero-order valence-corrected chi connectivity index (χ0v) is 65.8. The molecule has 566 valence electrons. The lowest BCUT2D eigenvalue weighted by Gasteiger charge is -2.24. The maximum atomic E-state index is 12.9. The number of phosphoric ester groups is 1. The van der Waals surface area contributed by atoms with Gasteiger partial charge < -0.3 is 18.9 Å². The second-order valence-corrected chi connectivity index (χ2v) is 31.7. The standard InChI is InChI=1S/C86H164NO8P/c1-6-8-10-12-14-16-18-20-22-24-26-28-30-32-34-36-38-39-40-41-42-43-44-45-46-47-49-50-52-54-56-58-60-62-64-66-68-70-72-74-76-78-85(88)92-82-84(83-94-96(90,91)93-81-80-87(3,4)5)95-86(89)79-77-75-73-71-69-67-65-63-61-59-57-55-53-51-48-37-35-33-31-29-27-25-23-21-19-17-15-13-11-9-7-2/h19,21,24-27,31,33,84H,6-18,20,22-23,28-30,32,34-83H2,1-5H3/p+1/b21-19-,26-24-,27-25-,33-31-. The molecule has 10 heteroatoms. The highest BCUT2D eigenvalue weighted by Gasteiger charge is 2.27. The minimum absolute atomic E-state index is 0.0341. The van der Waals surface area contributed by atoms with Gasteiger partial charge in [0.15, 0.2) is 6.10 Å². The summed E-state index contributed by atoms with van der Waals surface area (Å²) in [5.74, 6) is -0.774. The molecule has 96 heavy (non-hydrogen) atoms. The van der Waals surface area contributed by atoms with Crippen LogP contribution in [0.4, 0.5) is 0 Å². The van der Waals surface area contributed by atoms with Crippen molar-refractivity contribution in [1.82, 2.24) is 0 Å². The van der Waals surface area contributed by atoms with E-state index in [4.69, 9.17) is 18.5 Å². The molecular weight excluding hydrogens is 1210 g/mol. The van der Waals surface area contributed by atoms with Crippen LogP contribution >= 0.6 is 7.82 Å². The molecule has 0 amide bonds.